The maximum Gasteiger partial charge on any atom is 0.0992 e. The van der Waals surface area contributed by atoms with Crippen molar-refractivity contribution < 1.29 is 0 Å². The van der Waals surface area contributed by atoms with E-state index >= 15 is 0 Å². The standard InChI is InChI=1S/C14H14BrN3S/c1-18(7-6-11-3-5-14(15)19-11)13-4-2-10(9-16)8-12(13)17/h2-5,8H,6-7,17H2,1H3. The predicted molar refractivity (Wildman–Crippen MR) is 84.6 cm³/mol. The molecule has 0 aliphatic rings. The van der Waals surface area contributed by atoms with Crippen LogP contribution in [0.25, 0.3) is 0 Å². The number of nitriles is 1. The third-order valence-corrected chi connectivity index (χ3v) is 4.57. The molecule has 5 heteroatoms. The third kappa shape index (κ3) is 3.49. The van der Waals surface area contributed by atoms with E-state index in [1.54, 1.807) is 23.5 Å². The van der Waals surface area contributed by atoms with Gasteiger partial charge in [0, 0.05) is 18.5 Å². The van der Waals surface area contributed by atoms with Gasteiger partial charge in [-0.1, -0.05) is 0 Å². The molecule has 19 heavy (non-hydrogen) atoms. The summed E-state index contributed by atoms with van der Waals surface area (Å²) < 4.78 is 1.16. The first-order valence-corrected chi connectivity index (χ1v) is 7.46. The number of rotatable bonds is 4. The summed E-state index contributed by atoms with van der Waals surface area (Å²) in [6.07, 6.45) is 0.978. The first-order chi connectivity index (χ1) is 9.10. The lowest BCUT2D eigenvalue weighted by molar-refractivity contribution is 0.889. The Morgan fingerprint density at radius 1 is 1.37 bits per heavy atom. The molecular weight excluding hydrogens is 322 g/mol. The Morgan fingerprint density at radius 2 is 2.16 bits per heavy atom. The smallest absolute Gasteiger partial charge is 0.0992 e. The number of nitrogens with two attached hydrogens (primary N) is 1. The highest BCUT2D eigenvalue weighted by Crippen LogP contribution is 2.25. The maximum absolute atomic E-state index is 8.82. The Kier molecular flexibility index (Phi) is 4.46. The molecule has 3 nitrogen and oxygen atoms in total. The molecule has 1 aromatic heterocycles. The number of thiophene rings is 1. The van der Waals surface area contributed by atoms with Gasteiger partial charge in [0.15, 0.2) is 0 Å². The lowest BCUT2D eigenvalue weighted by atomic mass is 10.1. The van der Waals surface area contributed by atoms with Crippen molar-refractivity contribution in [2.75, 3.05) is 24.2 Å². The SMILES string of the molecule is CN(CCc1ccc(Br)s1)c1ccc(C#N)cc1N. The van der Waals surface area contributed by atoms with Gasteiger partial charge in [0.1, 0.15) is 0 Å². The number of hydrogen-bond acceptors (Lipinski definition) is 4. The number of likely N-dealkylation sites (N-methyl/N-ethyl adjacent to an activating group) is 1. The van der Waals surface area contributed by atoms with Crippen LogP contribution in [0.15, 0.2) is 34.1 Å². The van der Waals surface area contributed by atoms with Crippen LogP contribution in [0, 0.1) is 11.3 Å². The second-order valence-corrected chi connectivity index (χ2v) is 6.81. The molecule has 0 amide bonds. The second kappa shape index (κ2) is 6.09. The number of hydrogen-bond donors (Lipinski definition) is 1. The molecule has 2 aromatic rings. The summed E-state index contributed by atoms with van der Waals surface area (Å²) in [5.41, 5.74) is 8.18. The number of nitrogen functional groups attached to an aromatic ring is 1. The molecule has 1 aromatic carbocycles. The Bertz CT molecular complexity index is 615. The average Bonchev–Trinajstić information content (AvgIpc) is 2.81. The zero-order valence-corrected chi connectivity index (χ0v) is 13.0. The van der Waals surface area contributed by atoms with Crippen molar-refractivity contribution in [2.45, 2.75) is 6.42 Å². The second-order valence-electron chi connectivity index (χ2n) is 4.26. The first-order valence-electron chi connectivity index (χ1n) is 5.85. The molecule has 0 bridgehead atoms. The molecule has 0 radical (unpaired) electrons. The molecular formula is C14H14BrN3S. The van der Waals surface area contributed by atoms with Crippen LogP contribution in [0.2, 0.25) is 0 Å². The van der Waals surface area contributed by atoms with Gasteiger partial charge in [-0.25, -0.2) is 0 Å². The van der Waals surface area contributed by atoms with Crippen LogP contribution in [0.3, 0.4) is 0 Å². The number of benzene rings is 1. The lowest BCUT2D eigenvalue weighted by Crippen LogP contribution is -2.21. The van der Waals surface area contributed by atoms with Gasteiger partial charge in [-0.3, -0.25) is 0 Å². The van der Waals surface area contributed by atoms with Crippen molar-refractivity contribution >= 4 is 38.6 Å². The van der Waals surface area contributed by atoms with Gasteiger partial charge in [-0.05, 0) is 52.7 Å². The van der Waals surface area contributed by atoms with E-state index in [0.29, 0.717) is 11.3 Å². The van der Waals surface area contributed by atoms with E-state index in [4.69, 9.17) is 11.0 Å². The zero-order chi connectivity index (χ0) is 13.8. The van der Waals surface area contributed by atoms with Crippen molar-refractivity contribution in [3.63, 3.8) is 0 Å². The Hall–Kier alpha value is -1.51. The summed E-state index contributed by atoms with van der Waals surface area (Å²) >= 11 is 5.22. The van der Waals surface area contributed by atoms with E-state index in [1.165, 1.54) is 4.88 Å². The van der Waals surface area contributed by atoms with E-state index in [9.17, 15) is 0 Å². The van der Waals surface area contributed by atoms with Crippen LogP contribution in [0.1, 0.15) is 10.4 Å². The summed E-state index contributed by atoms with van der Waals surface area (Å²) in [7, 11) is 2.01. The molecule has 0 saturated heterocycles. The molecule has 1 heterocycles. The van der Waals surface area contributed by atoms with Gasteiger partial charge in [0.05, 0.1) is 26.8 Å². The molecule has 0 aliphatic heterocycles. The lowest BCUT2D eigenvalue weighted by Gasteiger charge is -2.20. The highest BCUT2D eigenvalue weighted by atomic mass is 79.9. The van der Waals surface area contributed by atoms with Crippen molar-refractivity contribution in [1.82, 2.24) is 0 Å². The summed E-state index contributed by atoms with van der Waals surface area (Å²) in [6, 6.07) is 11.7. The van der Waals surface area contributed by atoms with Crippen LogP contribution < -0.4 is 10.6 Å². The fourth-order valence-electron chi connectivity index (χ4n) is 1.86. The summed E-state index contributed by atoms with van der Waals surface area (Å²) in [6.45, 7) is 0.892. The van der Waals surface area contributed by atoms with E-state index < -0.39 is 0 Å². The largest absolute Gasteiger partial charge is 0.397 e. The minimum absolute atomic E-state index is 0.594. The highest BCUT2D eigenvalue weighted by Gasteiger charge is 2.07. The highest BCUT2D eigenvalue weighted by molar-refractivity contribution is 9.11. The summed E-state index contributed by atoms with van der Waals surface area (Å²) in [5.74, 6) is 0. The molecule has 2 N–H and O–H groups in total. The van der Waals surface area contributed by atoms with Gasteiger partial charge >= 0.3 is 0 Å². The fourth-order valence-corrected chi connectivity index (χ4v) is 3.33. The molecule has 2 rings (SSSR count). The van der Waals surface area contributed by atoms with Crippen molar-refractivity contribution in [2.24, 2.45) is 0 Å². The van der Waals surface area contributed by atoms with Crippen molar-refractivity contribution in [3.05, 3.63) is 44.6 Å². The summed E-state index contributed by atoms with van der Waals surface area (Å²) in [5, 5.41) is 8.82. The monoisotopic (exact) mass is 335 g/mol. The fraction of sp³-hybridized carbons (Fsp3) is 0.214. The van der Waals surface area contributed by atoms with Gasteiger partial charge in [0.2, 0.25) is 0 Å². The van der Waals surface area contributed by atoms with E-state index in [1.807, 2.05) is 13.1 Å². The van der Waals surface area contributed by atoms with Gasteiger partial charge in [-0.2, -0.15) is 5.26 Å². The summed E-state index contributed by atoms with van der Waals surface area (Å²) in [4.78, 5) is 3.45. The topological polar surface area (TPSA) is 53.0 Å². The number of halogens is 1. The van der Waals surface area contributed by atoms with E-state index in [0.717, 1.165) is 22.4 Å². The van der Waals surface area contributed by atoms with Gasteiger partial charge < -0.3 is 10.6 Å². The Labute approximate surface area is 125 Å². The van der Waals surface area contributed by atoms with Crippen LogP contribution in [-0.2, 0) is 6.42 Å². The molecule has 0 aliphatic carbocycles. The molecule has 0 unspecified atom stereocenters. The minimum Gasteiger partial charge on any atom is -0.397 e. The van der Waals surface area contributed by atoms with Crippen molar-refractivity contribution in [1.29, 1.82) is 5.26 Å². The minimum atomic E-state index is 0.594. The molecule has 0 spiro atoms. The van der Waals surface area contributed by atoms with E-state index in [2.05, 4.69) is 39.0 Å². The van der Waals surface area contributed by atoms with E-state index in [-0.39, 0.29) is 0 Å². The maximum atomic E-state index is 8.82. The van der Waals surface area contributed by atoms with Crippen LogP contribution >= 0.6 is 27.3 Å². The zero-order valence-electron chi connectivity index (χ0n) is 10.6. The van der Waals surface area contributed by atoms with Gasteiger partial charge in [0.25, 0.3) is 0 Å². The quantitative estimate of drug-likeness (QED) is 0.867. The van der Waals surface area contributed by atoms with Crippen LogP contribution in [0.5, 0.6) is 0 Å². The van der Waals surface area contributed by atoms with Crippen molar-refractivity contribution in [3.8, 4) is 6.07 Å². The normalized spacial score (nSPS) is 10.2. The Morgan fingerprint density at radius 3 is 2.74 bits per heavy atom. The number of nitrogens with zero attached hydrogens (tertiary/aromatic N) is 2. The third-order valence-electron chi connectivity index (χ3n) is 2.89. The molecule has 0 fully saturated rings. The molecule has 98 valence electrons. The number of anilines is 2. The van der Waals surface area contributed by atoms with Gasteiger partial charge in [-0.15, -0.1) is 11.3 Å². The Balaban J connectivity index is 2.04. The first kappa shape index (κ1) is 13.9. The van der Waals surface area contributed by atoms with Crippen LogP contribution in [-0.4, -0.2) is 13.6 Å². The average molecular weight is 336 g/mol. The molecule has 0 saturated carbocycles. The predicted octanol–water partition coefficient (Wildman–Crippen LogP) is 3.64. The molecule has 0 atom stereocenters. The van der Waals surface area contributed by atoms with Crippen LogP contribution in [0.4, 0.5) is 11.4 Å².